The number of hydrogen-bond donors (Lipinski definition) is 3. The van der Waals surface area contributed by atoms with Gasteiger partial charge >= 0.3 is 0 Å². The van der Waals surface area contributed by atoms with E-state index in [1.165, 1.54) is 0 Å². The molecule has 2 aromatic rings. The van der Waals surface area contributed by atoms with Crippen molar-refractivity contribution in [2.24, 2.45) is 0 Å². The van der Waals surface area contributed by atoms with E-state index < -0.39 is 6.04 Å². The van der Waals surface area contributed by atoms with E-state index in [0.29, 0.717) is 30.2 Å². The van der Waals surface area contributed by atoms with Crippen LogP contribution in [0.15, 0.2) is 48.4 Å². The van der Waals surface area contributed by atoms with Crippen molar-refractivity contribution in [1.82, 2.24) is 15.3 Å². The number of rotatable bonds is 4. The Morgan fingerprint density at radius 1 is 1.41 bits per heavy atom. The summed E-state index contributed by atoms with van der Waals surface area (Å²) < 4.78 is 0. The van der Waals surface area contributed by atoms with Gasteiger partial charge in [0.05, 0.1) is 17.1 Å². The average molecular weight is 387 g/mol. The summed E-state index contributed by atoms with van der Waals surface area (Å²) in [7, 11) is 0. The lowest BCUT2D eigenvalue weighted by Gasteiger charge is -2.19. The molecule has 0 saturated carbocycles. The third-order valence-electron chi connectivity index (χ3n) is 4.89. The number of anilines is 3. The molecule has 8 heteroatoms. The molecule has 0 radical (unpaired) electrons. The molecule has 2 aliphatic rings. The number of aryl methyl sites for hydroxylation is 1. The van der Waals surface area contributed by atoms with E-state index in [2.05, 4.69) is 32.0 Å². The van der Waals surface area contributed by atoms with E-state index in [1.54, 1.807) is 12.3 Å². The second-order valence-corrected chi connectivity index (χ2v) is 6.75. The fourth-order valence-corrected chi connectivity index (χ4v) is 3.46. The number of fused-ring (bicyclic) bond motifs is 1. The van der Waals surface area contributed by atoms with Crippen LogP contribution in [0, 0.1) is 18.3 Å². The van der Waals surface area contributed by atoms with E-state index in [4.69, 9.17) is 0 Å². The molecule has 3 N–H and O–H groups in total. The van der Waals surface area contributed by atoms with Gasteiger partial charge in [-0.25, -0.2) is 9.97 Å². The summed E-state index contributed by atoms with van der Waals surface area (Å²) in [4.78, 5) is 23.1. The average Bonchev–Trinajstić information content (AvgIpc) is 3.38. The smallest absolute Gasteiger partial charge is 0.247 e. The molecule has 0 aliphatic carbocycles. The van der Waals surface area contributed by atoms with E-state index >= 15 is 0 Å². The van der Waals surface area contributed by atoms with Crippen LogP contribution in [0.1, 0.15) is 18.2 Å². The molecule has 0 unspecified atom stereocenters. The van der Waals surface area contributed by atoms with Gasteiger partial charge in [0.25, 0.3) is 0 Å². The Morgan fingerprint density at radius 3 is 2.97 bits per heavy atom. The first-order valence-electron chi connectivity index (χ1n) is 9.45. The zero-order valence-corrected chi connectivity index (χ0v) is 16.2. The van der Waals surface area contributed by atoms with Gasteiger partial charge in [-0.3, -0.25) is 15.4 Å². The SMILES string of the molecule is CCN1/C(=C(\C#N)c2nc(NC(=O)[C@@H]3C=CCN3)ncc2C)Nc2ccccc21. The van der Waals surface area contributed by atoms with Gasteiger partial charge < -0.3 is 10.2 Å². The summed E-state index contributed by atoms with van der Waals surface area (Å²) >= 11 is 0. The van der Waals surface area contributed by atoms with Gasteiger partial charge in [-0.2, -0.15) is 5.26 Å². The van der Waals surface area contributed by atoms with Crippen molar-refractivity contribution in [3.8, 4) is 6.07 Å². The van der Waals surface area contributed by atoms with Crippen molar-refractivity contribution in [1.29, 1.82) is 5.26 Å². The molecule has 0 bridgehead atoms. The van der Waals surface area contributed by atoms with Crippen LogP contribution in [0.5, 0.6) is 0 Å². The third-order valence-corrected chi connectivity index (χ3v) is 4.89. The van der Waals surface area contributed by atoms with Crippen LogP contribution >= 0.6 is 0 Å². The normalized spacial score (nSPS) is 18.8. The number of carbonyl (C=O) groups is 1. The predicted octanol–water partition coefficient (Wildman–Crippen LogP) is 2.40. The molecule has 3 heterocycles. The summed E-state index contributed by atoms with van der Waals surface area (Å²) in [6.07, 6.45) is 5.31. The Hall–Kier alpha value is -3.70. The Labute approximate surface area is 169 Å². The van der Waals surface area contributed by atoms with Gasteiger partial charge in [-0.15, -0.1) is 0 Å². The molecule has 1 aromatic carbocycles. The maximum Gasteiger partial charge on any atom is 0.247 e. The number of nitrogens with zero attached hydrogens (tertiary/aromatic N) is 4. The molecule has 1 atom stereocenters. The molecule has 1 aromatic heterocycles. The van der Waals surface area contributed by atoms with Gasteiger partial charge in [0.15, 0.2) is 0 Å². The topological polar surface area (TPSA) is 106 Å². The van der Waals surface area contributed by atoms with Crippen LogP contribution in [0.25, 0.3) is 5.57 Å². The number of hydrogen-bond acceptors (Lipinski definition) is 7. The maximum absolute atomic E-state index is 12.4. The standard InChI is InChI=1S/C21H21N7O/c1-3-28-17-9-5-4-7-15(17)25-19(28)14(11-22)18-13(2)12-24-21(26-18)27-20(29)16-8-6-10-23-16/h4-9,12,16,23,25H,3,10H2,1-2H3,(H,24,26,27,29)/b19-14+/t16-/m0/s1. The number of para-hydroxylation sites is 2. The van der Waals surface area contributed by atoms with Gasteiger partial charge in [0, 0.05) is 19.3 Å². The first kappa shape index (κ1) is 18.7. The number of benzene rings is 1. The first-order valence-corrected chi connectivity index (χ1v) is 9.45. The van der Waals surface area contributed by atoms with Crippen molar-refractivity contribution < 1.29 is 4.79 Å². The first-order chi connectivity index (χ1) is 14.1. The predicted molar refractivity (Wildman–Crippen MR) is 112 cm³/mol. The number of nitriles is 1. The Balaban J connectivity index is 1.71. The highest BCUT2D eigenvalue weighted by Gasteiger charge is 2.27. The van der Waals surface area contributed by atoms with Crippen molar-refractivity contribution in [2.45, 2.75) is 19.9 Å². The molecule has 0 fully saturated rings. The highest BCUT2D eigenvalue weighted by atomic mass is 16.2. The number of carbonyl (C=O) groups excluding carboxylic acids is 1. The van der Waals surface area contributed by atoms with E-state index in [-0.39, 0.29) is 11.9 Å². The zero-order chi connectivity index (χ0) is 20.4. The molecule has 4 rings (SSSR count). The quantitative estimate of drug-likeness (QED) is 0.546. The fourth-order valence-electron chi connectivity index (χ4n) is 3.46. The number of nitrogens with one attached hydrogen (secondary N) is 3. The second kappa shape index (κ2) is 7.73. The molecular weight excluding hydrogens is 366 g/mol. The number of aromatic nitrogens is 2. The summed E-state index contributed by atoms with van der Waals surface area (Å²) in [5, 5.41) is 19.1. The number of allylic oxidation sites excluding steroid dienone is 1. The van der Waals surface area contributed by atoms with Crippen LogP contribution in [-0.4, -0.2) is 35.0 Å². The Bertz CT molecular complexity index is 1070. The molecular formula is C21H21N7O. The van der Waals surface area contributed by atoms with Crippen molar-refractivity contribution in [3.63, 3.8) is 0 Å². The zero-order valence-electron chi connectivity index (χ0n) is 16.2. The summed E-state index contributed by atoms with van der Waals surface area (Å²) in [6, 6.07) is 9.78. The van der Waals surface area contributed by atoms with Crippen LogP contribution in [-0.2, 0) is 4.79 Å². The van der Waals surface area contributed by atoms with Crippen molar-refractivity contribution in [2.75, 3.05) is 28.6 Å². The minimum Gasteiger partial charge on any atom is -0.339 e. The lowest BCUT2D eigenvalue weighted by molar-refractivity contribution is -0.117. The molecule has 2 aliphatic heterocycles. The highest BCUT2D eigenvalue weighted by Crippen LogP contribution is 2.38. The second-order valence-electron chi connectivity index (χ2n) is 6.75. The summed E-state index contributed by atoms with van der Waals surface area (Å²) in [5.74, 6) is 0.613. The maximum atomic E-state index is 12.4. The molecule has 1 amide bonds. The number of amides is 1. The lowest BCUT2D eigenvalue weighted by atomic mass is 10.1. The Kier molecular flexibility index (Phi) is 4.97. The van der Waals surface area contributed by atoms with E-state index in [0.717, 1.165) is 16.9 Å². The molecule has 8 nitrogen and oxygen atoms in total. The minimum absolute atomic E-state index is 0.171. The largest absolute Gasteiger partial charge is 0.339 e. The minimum atomic E-state index is -0.404. The molecule has 29 heavy (non-hydrogen) atoms. The Morgan fingerprint density at radius 2 is 2.24 bits per heavy atom. The molecule has 0 spiro atoms. The van der Waals surface area contributed by atoms with Gasteiger partial charge in [0.2, 0.25) is 11.9 Å². The van der Waals surface area contributed by atoms with Gasteiger partial charge in [-0.05, 0) is 31.5 Å². The third kappa shape index (κ3) is 3.44. The fraction of sp³-hybridized carbons (Fsp3) is 0.238. The highest BCUT2D eigenvalue weighted by molar-refractivity contribution is 5.96. The van der Waals surface area contributed by atoms with E-state index in [1.807, 2.05) is 49.1 Å². The molecule has 0 saturated heterocycles. The van der Waals surface area contributed by atoms with Crippen molar-refractivity contribution >= 4 is 28.8 Å². The van der Waals surface area contributed by atoms with Crippen LogP contribution in [0.2, 0.25) is 0 Å². The van der Waals surface area contributed by atoms with Crippen LogP contribution < -0.4 is 20.9 Å². The summed E-state index contributed by atoms with van der Waals surface area (Å²) in [6.45, 7) is 5.22. The summed E-state index contributed by atoms with van der Waals surface area (Å²) in [5.41, 5.74) is 3.59. The monoisotopic (exact) mass is 387 g/mol. The molecule has 146 valence electrons. The lowest BCUT2D eigenvalue weighted by Crippen LogP contribution is -2.36. The van der Waals surface area contributed by atoms with Crippen LogP contribution in [0.3, 0.4) is 0 Å². The van der Waals surface area contributed by atoms with E-state index in [9.17, 15) is 10.1 Å². The van der Waals surface area contributed by atoms with Crippen molar-refractivity contribution in [3.05, 3.63) is 59.7 Å². The van der Waals surface area contributed by atoms with Gasteiger partial charge in [0.1, 0.15) is 23.5 Å². The van der Waals surface area contributed by atoms with Gasteiger partial charge in [-0.1, -0.05) is 24.3 Å². The van der Waals surface area contributed by atoms with Crippen LogP contribution in [0.4, 0.5) is 17.3 Å².